The molecule has 1 atom stereocenters. The molecule has 0 aliphatic carbocycles. The fourth-order valence-corrected chi connectivity index (χ4v) is 0.537. The second-order valence-electron chi connectivity index (χ2n) is 2.02. The van der Waals surface area contributed by atoms with Gasteiger partial charge < -0.3 is 10.8 Å². The van der Waals surface area contributed by atoms with Crippen molar-refractivity contribution in [1.82, 2.24) is 0 Å². The molecular weight excluding hydrogens is 130 g/mol. The molecule has 0 amide bonds. The Morgan fingerprint density at radius 1 is 1.90 bits per heavy atom. The van der Waals surface area contributed by atoms with Gasteiger partial charge in [0.05, 0.1) is 6.10 Å². The van der Waals surface area contributed by atoms with Crippen LogP contribution in [0.1, 0.15) is 19.8 Å². The average Bonchev–Trinajstić information content (AvgIpc) is 1.85. The first-order chi connectivity index (χ1) is 4.66. The number of aliphatic hydroxyl groups is 1. The monoisotopic (exact) mass is 143 g/mol. The van der Waals surface area contributed by atoms with Crippen LogP contribution in [-0.4, -0.2) is 23.4 Å². The molecule has 10 heavy (non-hydrogen) atoms. The third-order valence-corrected chi connectivity index (χ3v) is 0.970. The Morgan fingerprint density at radius 3 is 2.90 bits per heavy atom. The van der Waals surface area contributed by atoms with E-state index < -0.39 is 6.10 Å². The number of aliphatic imine (C=N–C) groups is 1. The summed E-state index contributed by atoms with van der Waals surface area (Å²) in [6.45, 7) is 1.96. The molecule has 0 aliphatic heterocycles. The Balaban J connectivity index is 3.55. The van der Waals surface area contributed by atoms with Gasteiger partial charge in [0.1, 0.15) is 0 Å². The second kappa shape index (κ2) is 4.93. The minimum absolute atomic E-state index is 0.268. The summed E-state index contributed by atoms with van der Waals surface area (Å²) in [6, 6.07) is 0. The summed E-state index contributed by atoms with van der Waals surface area (Å²) in [5, 5.41) is 15.7. The van der Waals surface area contributed by atoms with Gasteiger partial charge in [0.2, 0.25) is 5.96 Å². The topological polar surface area (TPSA) is 82.5 Å². The van der Waals surface area contributed by atoms with Crippen molar-refractivity contribution >= 4 is 12.2 Å². The number of nitrogens with zero attached hydrogens (tertiary/aromatic N) is 1. The van der Waals surface area contributed by atoms with Crippen LogP contribution in [0.3, 0.4) is 0 Å². The predicted octanol–water partition coefficient (Wildman–Crippen LogP) is 0.112. The molecule has 0 spiro atoms. The maximum Gasteiger partial charge on any atom is 0.212 e. The standard InChI is InChI=1S/C6H13N3O/c1-2-3-5(10)4-9-6(7)8/h4-5,10H,2-3H2,1H3,(H3,7,8). The van der Waals surface area contributed by atoms with E-state index in [4.69, 9.17) is 16.2 Å². The molecule has 0 saturated heterocycles. The van der Waals surface area contributed by atoms with Gasteiger partial charge in [0.25, 0.3) is 0 Å². The molecule has 4 heteroatoms. The lowest BCUT2D eigenvalue weighted by molar-refractivity contribution is 0.234. The second-order valence-corrected chi connectivity index (χ2v) is 2.02. The Morgan fingerprint density at radius 2 is 2.50 bits per heavy atom. The van der Waals surface area contributed by atoms with Crippen molar-refractivity contribution in [3.8, 4) is 0 Å². The maximum atomic E-state index is 9.00. The van der Waals surface area contributed by atoms with Crippen LogP contribution >= 0.6 is 0 Å². The number of guanidine groups is 1. The Labute approximate surface area is 60.3 Å². The molecule has 0 saturated carbocycles. The minimum Gasteiger partial charge on any atom is -0.387 e. The van der Waals surface area contributed by atoms with E-state index in [1.807, 2.05) is 6.92 Å². The molecule has 0 bridgehead atoms. The van der Waals surface area contributed by atoms with Crippen LogP contribution in [0.15, 0.2) is 4.99 Å². The van der Waals surface area contributed by atoms with E-state index in [2.05, 4.69) is 4.99 Å². The summed E-state index contributed by atoms with van der Waals surface area (Å²) in [6.07, 6.45) is 2.28. The Kier molecular flexibility index (Phi) is 4.49. The largest absolute Gasteiger partial charge is 0.387 e. The van der Waals surface area contributed by atoms with Crippen molar-refractivity contribution < 1.29 is 5.11 Å². The molecule has 1 unspecified atom stereocenters. The van der Waals surface area contributed by atoms with E-state index in [9.17, 15) is 0 Å². The molecule has 0 heterocycles. The smallest absolute Gasteiger partial charge is 0.212 e. The van der Waals surface area contributed by atoms with Gasteiger partial charge in [-0.25, -0.2) is 4.99 Å². The maximum absolute atomic E-state index is 9.00. The Hall–Kier alpha value is -0.900. The van der Waals surface area contributed by atoms with Crippen molar-refractivity contribution in [1.29, 1.82) is 5.41 Å². The number of nitrogens with one attached hydrogen (secondary N) is 1. The zero-order chi connectivity index (χ0) is 7.98. The summed E-state index contributed by atoms with van der Waals surface area (Å²) in [7, 11) is 0. The van der Waals surface area contributed by atoms with E-state index in [0.717, 1.165) is 6.42 Å². The molecule has 0 aliphatic rings. The third kappa shape index (κ3) is 5.24. The van der Waals surface area contributed by atoms with Crippen LogP contribution < -0.4 is 5.73 Å². The van der Waals surface area contributed by atoms with Crippen molar-refractivity contribution in [3.63, 3.8) is 0 Å². The van der Waals surface area contributed by atoms with E-state index in [0.29, 0.717) is 6.42 Å². The molecule has 58 valence electrons. The van der Waals surface area contributed by atoms with Crippen LogP contribution in [0, 0.1) is 5.41 Å². The molecule has 4 nitrogen and oxygen atoms in total. The Bertz CT molecular complexity index is 133. The highest BCUT2D eigenvalue weighted by molar-refractivity contribution is 5.85. The molecule has 0 aromatic heterocycles. The highest BCUT2D eigenvalue weighted by Gasteiger charge is 1.95. The highest BCUT2D eigenvalue weighted by Crippen LogP contribution is 1.91. The van der Waals surface area contributed by atoms with Gasteiger partial charge in [-0.05, 0) is 6.42 Å². The van der Waals surface area contributed by atoms with Crippen LogP contribution in [-0.2, 0) is 0 Å². The van der Waals surface area contributed by atoms with Gasteiger partial charge >= 0.3 is 0 Å². The van der Waals surface area contributed by atoms with Gasteiger partial charge in [-0.15, -0.1) is 0 Å². The summed E-state index contributed by atoms with van der Waals surface area (Å²) >= 11 is 0. The van der Waals surface area contributed by atoms with Gasteiger partial charge in [-0.2, -0.15) is 0 Å². The zero-order valence-corrected chi connectivity index (χ0v) is 6.04. The normalized spacial score (nSPS) is 13.8. The van der Waals surface area contributed by atoms with Crippen molar-refractivity contribution in [3.05, 3.63) is 0 Å². The fourth-order valence-electron chi connectivity index (χ4n) is 0.537. The first kappa shape index (κ1) is 9.10. The van der Waals surface area contributed by atoms with Gasteiger partial charge in [0, 0.05) is 6.21 Å². The van der Waals surface area contributed by atoms with Crippen molar-refractivity contribution in [2.45, 2.75) is 25.9 Å². The average molecular weight is 143 g/mol. The molecular formula is C6H13N3O. The van der Waals surface area contributed by atoms with Gasteiger partial charge in [-0.1, -0.05) is 13.3 Å². The summed E-state index contributed by atoms with van der Waals surface area (Å²) in [4.78, 5) is 3.43. The van der Waals surface area contributed by atoms with Crippen LogP contribution in [0.5, 0.6) is 0 Å². The first-order valence-corrected chi connectivity index (χ1v) is 3.23. The SMILES string of the molecule is CCCC(O)C=NC(=N)N. The summed E-state index contributed by atoms with van der Waals surface area (Å²) in [5.41, 5.74) is 4.91. The number of hydrogen-bond donors (Lipinski definition) is 3. The lowest BCUT2D eigenvalue weighted by Gasteiger charge is -1.99. The molecule has 0 radical (unpaired) electrons. The molecule has 0 aromatic rings. The van der Waals surface area contributed by atoms with E-state index in [1.165, 1.54) is 6.21 Å². The number of hydrogen-bond acceptors (Lipinski definition) is 2. The van der Waals surface area contributed by atoms with E-state index in [1.54, 1.807) is 0 Å². The number of rotatable bonds is 3. The first-order valence-electron chi connectivity index (χ1n) is 3.23. The predicted molar refractivity (Wildman–Crippen MR) is 41.3 cm³/mol. The summed E-state index contributed by atoms with van der Waals surface area (Å²) in [5.74, 6) is -0.268. The van der Waals surface area contributed by atoms with Crippen LogP contribution in [0.2, 0.25) is 0 Å². The van der Waals surface area contributed by atoms with Crippen molar-refractivity contribution in [2.24, 2.45) is 10.7 Å². The highest BCUT2D eigenvalue weighted by atomic mass is 16.3. The molecule has 4 N–H and O–H groups in total. The number of aliphatic hydroxyl groups excluding tert-OH is 1. The molecule has 0 rings (SSSR count). The lowest BCUT2D eigenvalue weighted by atomic mass is 10.2. The minimum atomic E-state index is -0.561. The quantitative estimate of drug-likeness (QED) is 0.387. The molecule has 0 fully saturated rings. The lowest BCUT2D eigenvalue weighted by Crippen LogP contribution is -2.12. The van der Waals surface area contributed by atoms with E-state index in [-0.39, 0.29) is 5.96 Å². The third-order valence-electron chi connectivity index (χ3n) is 0.970. The van der Waals surface area contributed by atoms with Gasteiger partial charge in [-0.3, -0.25) is 5.41 Å². The summed E-state index contributed by atoms with van der Waals surface area (Å²) < 4.78 is 0. The molecule has 0 aromatic carbocycles. The fraction of sp³-hybridized carbons (Fsp3) is 0.667. The number of nitrogens with two attached hydrogens (primary N) is 1. The zero-order valence-electron chi connectivity index (χ0n) is 6.04. The van der Waals surface area contributed by atoms with E-state index >= 15 is 0 Å². The van der Waals surface area contributed by atoms with Gasteiger partial charge in [0.15, 0.2) is 0 Å². The van der Waals surface area contributed by atoms with Crippen LogP contribution in [0.4, 0.5) is 0 Å². The van der Waals surface area contributed by atoms with Crippen LogP contribution in [0.25, 0.3) is 0 Å². The van der Waals surface area contributed by atoms with Crippen molar-refractivity contribution in [2.75, 3.05) is 0 Å².